The molecule has 0 fully saturated rings. The van der Waals surface area contributed by atoms with Gasteiger partial charge in [0.1, 0.15) is 45.1 Å². The van der Waals surface area contributed by atoms with Crippen LogP contribution >= 0.6 is 0 Å². The Labute approximate surface area is 309 Å². The normalized spacial score (nSPS) is 11.5. The van der Waals surface area contributed by atoms with Crippen LogP contribution in [0.4, 0.5) is 0 Å². The summed E-state index contributed by atoms with van der Waals surface area (Å²) >= 11 is 0. The Kier molecular flexibility index (Phi) is 7.81. The standard InChI is InChI=1S/C45H35B5N2/c46-40-39(41(47)43(49)44(50)42(40)48)38-32-16-8-7-15-31(32)37(33-24-21-29(25-34(33)38)26-11-3-1-4-12-26)27-19-22-30(23-20-27)52-36-18-10-9-17-35(36)51-45(52)28-13-5-2-6-14-28/h1-25H,46-50H2. The minimum atomic E-state index is 0.942. The van der Waals surface area contributed by atoms with Crippen LogP contribution in [-0.4, -0.2) is 48.8 Å². The van der Waals surface area contributed by atoms with Crippen LogP contribution in [-0.2, 0) is 0 Å². The largest absolute Gasteiger partial charge is 0.292 e. The van der Waals surface area contributed by atoms with Crippen molar-refractivity contribution in [3.05, 3.63) is 152 Å². The smallest absolute Gasteiger partial charge is 0.145 e. The van der Waals surface area contributed by atoms with E-state index in [0.717, 1.165) is 28.1 Å². The Morgan fingerprint density at radius 3 is 1.56 bits per heavy atom. The number of benzene rings is 8. The molecule has 1 aromatic heterocycles. The van der Waals surface area contributed by atoms with Crippen LogP contribution in [0.3, 0.4) is 0 Å². The Morgan fingerprint density at radius 1 is 0.365 bits per heavy atom. The first-order valence-corrected chi connectivity index (χ1v) is 18.2. The van der Waals surface area contributed by atoms with E-state index >= 15 is 0 Å². The van der Waals surface area contributed by atoms with Gasteiger partial charge in [0.05, 0.1) is 11.0 Å². The van der Waals surface area contributed by atoms with Gasteiger partial charge < -0.3 is 0 Å². The predicted molar refractivity (Wildman–Crippen MR) is 239 cm³/mol. The average Bonchev–Trinajstić information content (AvgIpc) is 3.59. The fourth-order valence-corrected chi connectivity index (χ4v) is 8.29. The minimum Gasteiger partial charge on any atom is -0.292 e. The maximum atomic E-state index is 5.09. The lowest BCUT2D eigenvalue weighted by Crippen LogP contribution is -2.55. The van der Waals surface area contributed by atoms with Crippen LogP contribution in [0.1, 0.15) is 0 Å². The third kappa shape index (κ3) is 5.06. The number of hydrogen-bond donors (Lipinski definition) is 0. The van der Waals surface area contributed by atoms with Crippen molar-refractivity contribution in [2.24, 2.45) is 0 Å². The second-order valence-corrected chi connectivity index (χ2v) is 14.1. The summed E-state index contributed by atoms with van der Waals surface area (Å²) in [7, 11) is 11.4. The highest BCUT2D eigenvalue weighted by Gasteiger charge is 2.22. The van der Waals surface area contributed by atoms with Crippen molar-refractivity contribution < 1.29 is 0 Å². The third-order valence-corrected chi connectivity index (χ3v) is 11.4. The minimum absolute atomic E-state index is 0.942. The average molecular weight is 658 g/mol. The van der Waals surface area contributed by atoms with Crippen molar-refractivity contribution in [1.82, 2.24) is 9.55 Å². The molecule has 0 saturated carbocycles. The number of nitrogens with zero attached hydrogens (tertiary/aromatic N) is 2. The summed E-state index contributed by atoms with van der Waals surface area (Å²) in [6.07, 6.45) is 0. The molecule has 0 aliphatic rings. The number of imidazole rings is 1. The summed E-state index contributed by atoms with van der Waals surface area (Å²) in [5, 5.41) is 5.08. The molecule has 0 saturated heterocycles. The van der Waals surface area contributed by atoms with Gasteiger partial charge in [0.25, 0.3) is 0 Å². The molecule has 0 N–H and O–H groups in total. The SMILES string of the molecule is Bc1c(B)c(B)c(-c2c3ccccc3c(-c3ccc(-n4c(-c5ccccc5)nc5ccccc54)cc3)c3ccc(-c4ccccc4)cc23)c(B)c1B. The third-order valence-electron chi connectivity index (χ3n) is 11.4. The summed E-state index contributed by atoms with van der Waals surface area (Å²) in [6, 6.07) is 54.8. The zero-order chi connectivity index (χ0) is 35.5. The van der Waals surface area contributed by atoms with Gasteiger partial charge in [-0.15, -0.1) is 16.4 Å². The van der Waals surface area contributed by atoms with Crippen molar-refractivity contribution >= 4 is 99.1 Å². The molecule has 1 heterocycles. The van der Waals surface area contributed by atoms with Gasteiger partial charge in [0.2, 0.25) is 0 Å². The van der Waals surface area contributed by atoms with Gasteiger partial charge in [0, 0.05) is 11.3 Å². The quantitative estimate of drug-likeness (QED) is 0.205. The lowest BCUT2D eigenvalue weighted by molar-refractivity contribution is 1.10. The maximum absolute atomic E-state index is 5.09. The van der Waals surface area contributed by atoms with E-state index in [1.165, 1.54) is 82.2 Å². The molecule has 0 spiro atoms. The summed E-state index contributed by atoms with van der Waals surface area (Å²) in [5.41, 5.74) is 18.7. The molecule has 9 aromatic rings. The van der Waals surface area contributed by atoms with Gasteiger partial charge >= 0.3 is 0 Å². The highest BCUT2D eigenvalue weighted by Crippen LogP contribution is 2.44. The molecule has 240 valence electrons. The first kappa shape index (κ1) is 32.0. The van der Waals surface area contributed by atoms with Crippen molar-refractivity contribution in [1.29, 1.82) is 0 Å². The number of para-hydroxylation sites is 2. The molecule has 52 heavy (non-hydrogen) atoms. The lowest BCUT2D eigenvalue weighted by Gasteiger charge is -2.25. The van der Waals surface area contributed by atoms with E-state index in [1.54, 1.807) is 0 Å². The number of aromatic nitrogens is 2. The fourth-order valence-electron chi connectivity index (χ4n) is 8.29. The summed E-state index contributed by atoms with van der Waals surface area (Å²) in [4.78, 5) is 5.09. The summed E-state index contributed by atoms with van der Waals surface area (Å²) < 4.78 is 2.29. The van der Waals surface area contributed by atoms with E-state index in [2.05, 4.69) is 195 Å². The molecule has 7 heteroatoms. The number of hydrogen-bond acceptors (Lipinski definition) is 1. The van der Waals surface area contributed by atoms with Gasteiger partial charge in [-0.25, -0.2) is 4.98 Å². The van der Waals surface area contributed by atoms with Gasteiger partial charge in [-0.1, -0.05) is 132 Å². The van der Waals surface area contributed by atoms with E-state index in [4.69, 9.17) is 4.98 Å². The highest BCUT2D eigenvalue weighted by atomic mass is 15.1. The van der Waals surface area contributed by atoms with Crippen LogP contribution in [0.5, 0.6) is 0 Å². The molecule has 9 rings (SSSR count). The van der Waals surface area contributed by atoms with E-state index < -0.39 is 0 Å². The molecule has 2 nitrogen and oxygen atoms in total. The van der Waals surface area contributed by atoms with Crippen LogP contribution in [0, 0.1) is 0 Å². The van der Waals surface area contributed by atoms with Crippen LogP contribution < -0.4 is 27.3 Å². The van der Waals surface area contributed by atoms with Gasteiger partial charge in [0.15, 0.2) is 0 Å². The predicted octanol–water partition coefficient (Wildman–Crippen LogP) is 3.29. The van der Waals surface area contributed by atoms with Crippen molar-refractivity contribution in [3.63, 3.8) is 0 Å². The van der Waals surface area contributed by atoms with E-state index in [-0.39, 0.29) is 0 Å². The molecule has 0 aliphatic carbocycles. The Morgan fingerprint density at radius 2 is 0.885 bits per heavy atom. The summed E-state index contributed by atoms with van der Waals surface area (Å²) in [5.74, 6) is 0.942. The second-order valence-electron chi connectivity index (χ2n) is 14.1. The Balaban J connectivity index is 1.32. The molecular weight excluding hydrogens is 623 g/mol. The first-order valence-electron chi connectivity index (χ1n) is 18.2. The molecule has 8 aromatic carbocycles. The molecule has 0 unspecified atom stereocenters. The van der Waals surface area contributed by atoms with E-state index in [1.807, 2.05) is 0 Å². The zero-order valence-corrected chi connectivity index (χ0v) is 30.3. The van der Waals surface area contributed by atoms with Crippen LogP contribution in [0.15, 0.2) is 152 Å². The van der Waals surface area contributed by atoms with E-state index in [0.29, 0.717) is 0 Å². The monoisotopic (exact) mass is 658 g/mol. The lowest BCUT2D eigenvalue weighted by atomic mass is 9.59. The summed E-state index contributed by atoms with van der Waals surface area (Å²) in [6.45, 7) is 0. The van der Waals surface area contributed by atoms with E-state index in [9.17, 15) is 0 Å². The van der Waals surface area contributed by atoms with Crippen molar-refractivity contribution in [2.45, 2.75) is 0 Å². The molecule has 0 atom stereocenters. The van der Waals surface area contributed by atoms with Crippen molar-refractivity contribution in [2.75, 3.05) is 0 Å². The van der Waals surface area contributed by atoms with Crippen LogP contribution in [0.25, 0.3) is 83.0 Å². The molecule has 0 amide bonds. The number of fused-ring (bicyclic) bond motifs is 3. The van der Waals surface area contributed by atoms with Gasteiger partial charge in [-0.2, -0.15) is 0 Å². The first-order chi connectivity index (χ1) is 25.4. The van der Waals surface area contributed by atoms with Gasteiger partial charge in [-0.3, -0.25) is 4.57 Å². The van der Waals surface area contributed by atoms with Gasteiger partial charge in [-0.05, 0) is 85.3 Å². The second kappa shape index (κ2) is 12.7. The Hall–Kier alpha value is -5.93. The molecule has 0 aliphatic heterocycles. The Bertz CT molecular complexity index is 2800. The molecular formula is C45H35B5N2. The molecule has 0 bridgehead atoms. The maximum Gasteiger partial charge on any atom is 0.145 e. The zero-order valence-electron chi connectivity index (χ0n) is 30.3. The number of rotatable bonds is 5. The van der Waals surface area contributed by atoms with Crippen molar-refractivity contribution in [3.8, 4) is 50.5 Å². The molecule has 0 radical (unpaired) electrons. The van der Waals surface area contributed by atoms with Crippen LogP contribution in [0.2, 0.25) is 0 Å². The topological polar surface area (TPSA) is 17.8 Å². The fraction of sp³-hybridized carbons (Fsp3) is 0. The highest BCUT2D eigenvalue weighted by molar-refractivity contribution is 6.69.